The number of hydrogen-bond acceptors (Lipinski definition) is 5. The Balaban J connectivity index is 1.38. The van der Waals surface area contributed by atoms with Crippen LogP contribution in [-0.4, -0.2) is 26.0 Å². The van der Waals surface area contributed by atoms with E-state index in [1.165, 1.54) is 0 Å². The second-order valence-electron chi connectivity index (χ2n) is 6.95. The Morgan fingerprint density at radius 3 is 2.48 bits per heavy atom. The average Bonchev–Trinajstić information content (AvgIpc) is 3.34. The van der Waals surface area contributed by atoms with Crippen LogP contribution in [0.5, 0.6) is 0 Å². The van der Waals surface area contributed by atoms with Crippen molar-refractivity contribution < 1.29 is 4.79 Å². The summed E-state index contributed by atoms with van der Waals surface area (Å²) in [5.74, 6) is 0.408. The summed E-state index contributed by atoms with van der Waals surface area (Å²) in [4.78, 5) is 30.0. The van der Waals surface area contributed by atoms with E-state index < -0.39 is 0 Å². The van der Waals surface area contributed by atoms with Gasteiger partial charge in [0.25, 0.3) is 5.56 Å². The van der Waals surface area contributed by atoms with Gasteiger partial charge in [-0.3, -0.25) is 14.3 Å². The van der Waals surface area contributed by atoms with Gasteiger partial charge >= 0.3 is 0 Å². The number of nitrogens with zero attached hydrogens (tertiary/aromatic N) is 3. The van der Waals surface area contributed by atoms with Crippen LogP contribution in [0, 0.1) is 6.92 Å². The molecule has 1 amide bonds. The molecule has 31 heavy (non-hydrogen) atoms. The first-order valence-electron chi connectivity index (χ1n) is 9.82. The molecule has 0 unspecified atom stereocenters. The zero-order valence-corrected chi connectivity index (χ0v) is 18.9. The van der Waals surface area contributed by atoms with Crippen LogP contribution in [0.4, 0.5) is 5.69 Å². The van der Waals surface area contributed by atoms with E-state index in [2.05, 4.69) is 10.3 Å². The second kappa shape index (κ2) is 9.36. The van der Waals surface area contributed by atoms with Gasteiger partial charge in [-0.25, -0.2) is 9.67 Å². The molecule has 158 valence electrons. The number of para-hydroxylation sites is 1. The molecule has 4 rings (SSSR count). The first kappa shape index (κ1) is 21.1. The lowest BCUT2D eigenvalue weighted by Gasteiger charge is -2.07. The number of amides is 1. The van der Waals surface area contributed by atoms with Gasteiger partial charge in [-0.1, -0.05) is 60.3 Å². The number of carbonyl (C=O) groups is 1. The summed E-state index contributed by atoms with van der Waals surface area (Å²) in [5, 5.41) is 4.83. The van der Waals surface area contributed by atoms with E-state index in [0.717, 1.165) is 21.3 Å². The monoisotopic (exact) mass is 450 g/mol. The quantitative estimate of drug-likeness (QED) is 0.413. The number of nitrogens with one attached hydrogen (secondary N) is 1. The lowest BCUT2D eigenvalue weighted by atomic mass is 10.2. The normalized spacial score (nSPS) is 10.9. The van der Waals surface area contributed by atoms with Crippen molar-refractivity contribution in [1.82, 2.24) is 14.3 Å². The van der Waals surface area contributed by atoms with Gasteiger partial charge in [0.2, 0.25) is 5.91 Å². The molecule has 0 spiro atoms. The van der Waals surface area contributed by atoms with Crippen molar-refractivity contribution in [3.05, 3.63) is 82.1 Å². The Morgan fingerprint density at radius 1 is 1.10 bits per heavy atom. The summed E-state index contributed by atoms with van der Waals surface area (Å²) in [6, 6.07) is 19.4. The van der Waals surface area contributed by atoms with Crippen LogP contribution in [0.2, 0.25) is 0 Å². The summed E-state index contributed by atoms with van der Waals surface area (Å²) in [6.07, 6.45) is 0.296. The summed E-state index contributed by atoms with van der Waals surface area (Å²) in [5.41, 5.74) is 3.58. The first-order chi connectivity index (χ1) is 15.0. The van der Waals surface area contributed by atoms with Gasteiger partial charge in [-0.2, -0.15) is 0 Å². The third kappa shape index (κ3) is 4.65. The molecule has 0 aliphatic heterocycles. The fourth-order valence-electron chi connectivity index (χ4n) is 3.21. The average molecular weight is 451 g/mol. The van der Waals surface area contributed by atoms with E-state index in [9.17, 15) is 9.59 Å². The van der Waals surface area contributed by atoms with Gasteiger partial charge in [-0.15, -0.1) is 11.3 Å². The fourth-order valence-corrected chi connectivity index (χ4v) is 5.05. The molecule has 2 aromatic carbocycles. The Bertz CT molecular complexity index is 1240. The topological polar surface area (TPSA) is 68.9 Å². The van der Waals surface area contributed by atoms with E-state index >= 15 is 0 Å². The number of carbonyl (C=O) groups excluding carboxylic acids is 1. The van der Waals surface area contributed by atoms with Gasteiger partial charge in [0.15, 0.2) is 4.34 Å². The van der Waals surface area contributed by atoms with Crippen LogP contribution in [0.1, 0.15) is 12.1 Å². The molecule has 0 radical (unpaired) electrons. The minimum absolute atomic E-state index is 0.182. The largest absolute Gasteiger partial charge is 0.320 e. The smallest absolute Gasteiger partial charge is 0.295 e. The molecular formula is C23H22N4O2S2. The molecule has 0 saturated heterocycles. The summed E-state index contributed by atoms with van der Waals surface area (Å²) in [6.45, 7) is 1.83. The number of thiazole rings is 1. The number of hydrogen-bond donors (Lipinski definition) is 1. The lowest BCUT2D eigenvalue weighted by Crippen LogP contribution is -2.23. The summed E-state index contributed by atoms with van der Waals surface area (Å²) < 4.78 is 4.23. The summed E-state index contributed by atoms with van der Waals surface area (Å²) in [7, 11) is 1.81. The highest BCUT2D eigenvalue weighted by Crippen LogP contribution is 2.28. The molecule has 8 heteroatoms. The maximum absolute atomic E-state index is 12.9. The van der Waals surface area contributed by atoms with Crippen LogP contribution >= 0.6 is 23.1 Å². The van der Waals surface area contributed by atoms with Gasteiger partial charge in [-0.05, 0) is 19.1 Å². The molecule has 0 aliphatic rings. The van der Waals surface area contributed by atoms with Crippen LogP contribution in [0.3, 0.4) is 0 Å². The highest BCUT2D eigenvalue weighted by molar-refractivity contribution is 8.01. The minimum Gasteiger partial charge on any atom is -0.320 e. The summed E-state index contributed by atoms with van der Waals surface area (Å²) >= 11 is 3.12. The molecule has 0 bridgehead atoms. The number of anilines is 1. The molecule has 0 aliphatic carbocycles. The predicted octanol–water partition coefficient (Wildman–Crippen LogP) is 4.73. The van der Waals surface area contributed by atoms with Crippen molar-refractivity contribution in [3.8, 4) is 16.9 Å². The van der Waals surface area contributed by atoms with Crippen molar-refractivity contribution in [2.24, 2.45) is 7.05 Å². The third-order valence-corrected chi connectivity index (χ3v) is 6.95. The molecule has 1 N–H and O–H groups in total. The van der Waals surface area contributed by atoms with Crippen molar-refractivity contribution in [3.63, 3.8) is 0 Å². The Labute approximate surface area is 188 Å². The maximum atomic E-state index is 12.9. The molecule has 0 atom stereocenters. The minimum atomic E-state index is -0.236. The SMILES string of the molecule is Cc1c(NC(=O)CCSc2nc(-c3ccccc3)cs2)c(=O)n(-c2ccccc2)n1C. The van der Waals surface area contributed by atoms with E-state index in [1.807, 2.05) is 80.0 Å². The van der Waals surface area contributed by atoms with Crippen LogP contribution in [0.15, 0.2) is 75.2 Å². The fraction of sp³-hybridized carbons (Fsp3) is 0.174. The van der Waals surface area contributed by atoms with E-state index in [1.54, 1.807) is 32.5 Å². The molecule has 6 nitrogen and oxygen atoms in total. The van der Waals surface area contributed by atoms with Gasteiger partial charge in [0.05, 0.1) is 17.1 Å². The Kier molecular flexibility index (Phi) is 6.39. The van der Waals surface area contributed by atoms with E-state index in [4.69, 9.17) is 0 Å². The molecule has 0 fully saturated rings. The highest BCUT2D eigenvalue weighted by atomic mass is 32.2. The molecule has 0 saturated carbocycles. The molecule has 2 heterocycles. The predicted molar refractivity (Wildman–Crippen MR) is 127 cm³/mol. The number of rotatable bonds is 7. The second-order valence-corrected chi connectivity index (χ2v) is 9.15. The van der Waals surface area contributed by atoms with Crippen LogP contribution < -0.4 is 10.9 Å². The van der Waals surface area contributed by atoms with Crippen molar-refractivity contribution in [1.29, 1.82) is 0 Å². The molecular weight excluding hydrogens is 428 g/mol. The van der Waals surface area contributed by atoms with Crippen molar-refractivity contribution in [2.45, 2.75) is 17.7 Å². The maximum Gasteiger partial charge on any atom is 0.295 e. The first-order valence-corrected chi connectivity index (χ1v) is 11.7. The Morgan fingerprint density at radius 2 is 1.77 bits per heavy atom. The van der Waals surface area contributed by atoms with Gasteiger partial charge < -0.3 is 5.32 Å². The standard InChI is InChI=1S/C23H22N4O2S2/c1-16-21(22(29)27(26(16)2)18-11-7-4-8-12-18)25-20(28)13-14-30-23-24-19(15-31-23)17-9-5-3-6-10-17/h3-12,15H,13-14H2,1-2H3,(H,25,28). The Hall–Kier alpha value is -3.10. The number of thioether (sulfide) groups is 1. The van der Waals surface area contributed by atoms with Crippen LogP contribution in [-0.2, 0) is 11.8 Å². The van der Waals surface area contributed by atoms with Gasteiger partial charge in [0, 0.05) is 30.2 Å². The number of aromatic nitrogens is 3. The van der Waals surface area contributed by atoms with Gasteiger partial charge in [0.1, 0.15) is 5.69 Å². The van der Waals surface area contributed by atoms with E-state index in [-0.39, 0.29) is 11.5 Å². The van der Waals surface area contributed by atoms with Crippen molar-refractivity contribution >= 4 is 34.7 Å². The third-order valence-electron chi connectivity index (χ3n) is 4.93. The zero-order chi connectivity index (χ0) is 21.8. The van der Waals surface area contributed by atoms with E-state index in [0.29, 0.717) is 23.6 Å². The molecule has 4 aromatic rings. The van der Waals surface area contributed by atoms with Crippen LogP contribution in [0.25, 0.3) is 16.9 Å². The van der Waals surface area contributed by atoms with Crippen molar-refractivity contribution in [2.75, 3.05) is 11.1 Å². The highest BCUT2D eigenvalue weighted by Gasteiger charge is 2.18. The number of benzene rings is 2. The lowest BCUT2D eigenvalue weighted by molar-refractivity contribution is -0.115. The molecule has 2 aromatic heterocycles. The zero-order valence-electron chi connectivity index (χ0n) is 17.2.